The third-order valence-corrected chi connectivity index (χ3v) is 3.80. The van der Waals surface area contributed by atoms with E-state index < -0.39 is 0 Å². The first-order chi connectivity index (χ1) is 7.22. The molecule has 1 aliphatic rings. The first-order valence-corrected chi connectivity index (χ1v) is 5.91. The van der Waals surface area contributed by atoms with Crippen molar-refractivity contribution in [1.29, 1.82) is 5.26 Å². The summed E-state index contributed by atoms with van der Waals surface area (Å²) in [5, 5.41) is 13.1. The summed E-state index contributed by atoms with van der Waals surface area (Å²) < 4.78 is 3.99. The molecule has 0 radical (unpaired) electrons. The van der Waals surface area contributed by atoms with Crippen molar-refractivity contribution >= 4 is 22.4 Å². The lowest BCUT2D eigenvalue weighted by atomic mass is 10.1. The van der Waals surface area contributed by atoms with E-state index in [0.29, 0.717) is 23.3 Å². The molecule has 3 N–H and O–H groups in total. The van der Waals surface area contributed by atoms with Crippen LogP contribution in [0, 0.1) is 17.2 Å². The number of anilines is 2. The number of hydrogen-bond donors (Lipinski definition) is 2. The lowest BCUT2D eigenvalue weighted by molar-refractivity contribution is 0.557. The quantitative estimate of drug-likeness (QED) is 0.804. The third-order valence-electron chi connectivity index (χ3n) is 3.01. The van der Waals surface area contributed by atoms with E-state index >= 15 is 0 Å². The average molecular weight is 222 g/mol. The first-order valence-electron chi connectivity index (χ1n) is 5.14. The molecule has 4 nitrogen and oxygen atoms in total. The average Bonchev–Trinajstić information content (AvgIpc) is 2.76. The monoisotopic (exact) mass is 222 g/mol. The van der Waals surface area contributed by atoms with Crippen LogP contribution in [0.2, 0.25) is 0 Å². The molecule has 15 heavy (non-hydrogen) atoms. The molecule has 1 saturated carbocycles. The SMILES string of the molecule is CC1CCCC1Nc1snc(N)c1C#N. The van der Waals surface area contributed by atoms with Gasteiger partial charge in [0.2, 0.25) is 0 Å². The lowest BCUT2D eigenvalue weighted by Gasteiger charge is -2.16. The summed E-state index contributed by atoms with van der Waals surface area (Å²) in [6, 6.07) is 2.56. The number of nitrogens with one attached hydrogen (secondary N) is 1. The van der Waals surface area contributed by atoms with Gasteiger partial charge in [0, 0.05) is 6.04 Å². The van der Waals surface area contributed by atoms with E-state index in [-0.39, 0.29) is 0 Å². The highest BCUT2D eigenvalue weighted by Crippen LogP contribution is 2.32. The molecule has 2 atom stereocenters. The van der Waals surface area contributed by atoms with Crippen LogP contribution >= 0.6 is 11.5 Å². The molecule has 0 saturated heterocycles. The molecule has 2 rings (SSSR count). The van der Waals surface area contributed by atoms with Crippen LogP contribution in [0.25, 0.3) is 0 Å². The molecule has 80 valence electrons. The van der Waals surface area contributed by atoms with Gasteiger partial charge in [-0.2, -0.15) is 9.64 Å². The zero-order chi connectivity index (χ0) is 10.8. The molecule has 1 fully saturated rings. The maximum absolute atomic E-state index is 8.92. The van der Waals surface area contributed by atoms with Gasteiger partial charge in [0.25, 0.3) is 0 Å². The number of nitrogens with zero attached hydrogens (tertiary/aromatic N) is 2. The van der Waals surface area contributed by atoms with Crippen LogP contribution in [0.4, 0.5) is 10.8 Å². The van der Waals surface area contributed by atoms with Crippen LogP contribution in [0.5, 0.6) is 0 Å². The van der Waals surface area contributed by atoms with Gasteiger partial charge in [-0.3, -0.25) is 0 Å². The topological polar surface area (TPSA) is 74.7 Å². The van der Waals surface area contributed by atoms with Gasteiger partial charge in [0.05, 0.1) is 0 Å². The highest BCUT2D eigenvalue weighted by molar-refractivity contribution is 7.10. The maximum Gasteiger partial charge on any atom is 0.157 e. The zero-order valence-electron chi connectivity index (χ0n) is 8.66. The number of hydrogen-bond acceptors (Lipinski definition) is 5. The smallest absolute Gasteiger partial charge is 0.157 e. The highest BCUT2D eigenvalue weighted by Gasteiger charge is 2.25. The Labute approximate surface area is 93.3 Å². The molecule has 1 heterocycles. The second-order valence-electron chi connectivity index (χ2n) is 4.04. The van der Waals surface area contributed by atoms with Gasteiger partial charge in [0.1, 0.15) is 16.6 Å². The van der Waals surface area contributed by atoms with E-state index in [1.54, 1.807) is 0 Å². The summed E-state index contributed by atoms with van der Waals surface area (Å²) >= 11 is 1.28. The number of nitrogens with two attached hydrogens (primary N) is 1. The van der Waals surface area contributed by atoms with Gasteiger partial charge >= 0.3 is 0 Å². The summed E-state index contributed by atoms with van der Waals surface area (Å²) in [6.45, 7) is 2.24. The van der Waals surface area contributed by atoms with Crippen molar-refractivity contribution in [3.05, 3.63) is 5.56 Å². The van der Waals surface area contributed by atoms with Gasteiger partial charge in [-0.05, 0) is 30.3 Å². The van der Waals surface area contributed by atoms with Crippen molar-refractivity contribution in [3.8, 4) is 6.07 Å². The Hall–Kier alpha value is -1.28. The van der Waals surface area contributed by atoms with E-state index in [9.17, 15) is 0 Å². The Morgan fingerprint density at radius 3 is 3.00 bits per heavy atom. The van der Waals surface area contributed by atoms with Crippen molar-refractivity contribution in [1.82, 2.24) is 4.37 Å². The number of rotatable bonds is 2. The second kappa shape index (κ2) is 4.07. The molecule has 0 amide bonds. The van der Waals surface area contributed by atoms with Crippen LogP contribution in [0.15, 0.2) is 0 Å². The predicted molar refractivity (Wildman–Crippen MR) is 61.7 cm³/mol. The van der Waals surface area contributed by atoms with Gasteiger partial charge in [0.15, 0.2) is 5.82 Å². The van der Waals surface area contributed by atoms with Crippen molar-refractivity contribution in [2.24, 2.45) is 5.92 Å². The Morgan fingerprint density at radius 1 is 1.60 bits per heavy atom. The van der Waals surface area contributed by atoms with Crippen molar-refractivity contribution in [2.75, 3.05) is 11.1 Å². The number of nitriles is 1. The third kappa shape index (κ3) is 1.90. The predicted octanol–water partition coefficient (Wildman–Crippen LogP) is 2.20. The van der Waals surface area contributed by atoms with Crippen molar-refractivity contribution < 1.29 is 0 Å². The van der Waals surface area contributed by atoms with Crippen molar-refractivity contribution in [3.63, 3.8) is 0 Å². The Bertz CT molecular complexity index is 393. The van der Waals surface area contributed by atoms with Crippen LogP contribution in [-0.4, -0.2) is 10.4 Å². The molecular weight excluding hydrogens is 208 g/mol. The lowest BCUT2D eigenvalue weighted by Crippen LogP contribution is -2.21. The summed E-state index contributed by atoms with van der Waals surface area (Å²) in [6.07, 6.45) is 3.69. The molecule has 0 spiro atoms. The molecule has 1 aromatic heterocycles. The number of nitrogen functional groups attached to an aromatic ring is 1. The van der Waals surface area contributed by atoms with E-state index in [0.717, 1.165) is 5.00 Å². The van der Waals surface area contributed by atoms with E-state index in [1.807, 2.05) is 0 Å². The maximum atomic E-state index is 8.92. The highest BCUT2D eigenvalue weighted by atomic mass is 32.1. The van der Waals surface area contributed by atoms with Crippen LogP contribution < -0.4 is 11.1 Å². The van der Waals surface area contributed by atoms with E-state index in [2.05, 4.69) is 22.7 Å². The van der Waals surface area contributed by atoms with Crippen molar-refractivity contribution in [2.45, 2.75) is 32.2 Å². The summed E-state index contributed by atoms with van der Waals surface area (Å²) in [4.78, 5) is 0. The molecular formula is C10H14N4S. The minimum absolute atomic E-state index is 0.343. The fraction of sp³-hybridized carbons (Fsp3) is 0.600. The molecule has 0 aromatic carbocycles. The summed E-state index contributed by atoms with van der Waals surface area (Å²) in [7, 11) is 0. The molecule has 1 aliphatic carbocycles. The largest absolute Gasteiger partial charge is 0.382 e. The fourth-order valence-electron chi connectivity index (χ4n) is 2.04. The van der Waals surface area contributed by atoms with Gasteiger partial charge < -0.3 is 11.1 Å². The van der Waals surface area contributed by atoms with Crippen LogP contribution in [-0.2, 0) is 0 Å². The standard InChI is InChI=1S/C10H14N4S/c1-6-3-2-4-8(6)13-10-7(5-11)9(12)14-15-10/h6,8,13H,2-4H2,1H3,(H2,12,14). The van der Waals surface area contributed by atoms with E-state index in [1.165, 1.54) is 30.8 Å². The van der Waals surface area contributed by atoms with Gasteiger partial charge in [-0.25, -0.2) is 0 Å². The molecule has 1 aromatic rings. The molecule has 0 bridgehead atoms. The minimum atomic E-state index is 0.343. The second-order valence-corrected chi connectivity index (χ2v) is 4.82. The van der Waals surface area contributed by atoms with Crippen LogP contribution in [0.3, 0.4) is 0 Å². The zero-order valence-corrected chi connectivity index (χ0v) is 9.47. The fourth-order valence-corrected chi connectivity index (χ4v) is 2.76. The van der Waals surface area contributed by atoms with Gasteiger partial charge in [-0.15, -0.1) is 0 Å². The Morgan fingerprint density at radius 2 is 2.40 bits per heavy atom. The summed E-state index contributed by atoms with van der Waals surface area (Å²) in [5.41, 5.74) is 6.10. The summed E-state index contributed by atoms with van der Waals surface area (Å²) in [5.74, 6) is 1.01. The minimum Gasteiger partial charge on any atom is -0.382 e. The normalized spacial score (nSPS) is 25.1. The molecule has 2 unspecified atom stereocenters. The first kappa shape index (κ1) is 10.2. The number of aromatic nitrogens is 1. The Balaban J connectivity index is 2.14. The molecule has 5 heteroatoms. The molecule has 0 aliphatic heterocycles. The van der Waals surface area contributed by atoms with Gasteiger partial charge in [-0.1, -0.05) is 13.3 Å². The van der Waals surface area contributed by atoms with E-state index in [4.69, 9.17) is 11.0 Å². The van der Waals surface area contributed by atoms with Crippen LogP contribution in [0.1, 0.15) is 31.7 Å². The Kier molecular flexibility index (Phi) is 2.78.